The van der Waals surface area contributed by atoms with Gasteiger partial charge in [-0.25, -0.2) is 9.59 Å². The van der Waals surface area contributed by atoms with Crippen molar-refractivity contribution < 1.29 is 19.1 Å². The monoisotopic (exact) mass is 250 g/mol. The van der Waals surface area contributed by atoms with E-state index < -0.39 is 11.3 Å². The van der Waals surface area contributed by atoms with E-state index in [2.05, 4.69) is 0 Å². The molecule has 18 heavy (non-hydrogen) atoms. The predicted molar refractivity (Wildman–Crippen MR) is 54.4 cm³/mol. The zero-order valence-electron chi connectivity index (χ0n) is 9.40. The molecule has 5 rings (SSSR count). The van der Waals surface area contributed by atoms with Crippen molar-refractivity contribution in [3.8, 4) is 0 Å². The Labute approximate surface area is 102 Å². The first-order valence-corrected chi connectivity index (χ1v) is 5.78. The molecule has 4 fully saturated rings. The Kier molecular flexibility index (Phi) is 1.19. The zero-order valence-corrected chi connectivity index (χ0v) is 9.40. The van der Waals surface area contributed by atoms with Crippen molar-refractivity contribution >= 4 is 12.1 Å². The highest BCUT2D eigenvalue weighted by Gasteiger charge is 2.82. The third-order valence-electron chi connectivity index (χ3n) is 4.54. The van der Waals surface area contributed by atoms with Crippen molar-refractivity contribution in [3.05, 3.63) is 12.2 Å². The fourth-order valence-corrected chi connectivity index (χ4v) is 3.76. The fourth-order valence-electron chi connectivity index (χ4n) is 3.76. The van der Waals surface area contributed by atoms with Crippen molar-refractivity contribution in [2.75, 3.05) is 26.9 Å². The molecular formula is C10H10N4O4. The number of nitrogens with zero attached hydrogens (tertiary/aromatic N) is 4. The summed E-state index contributed by atoms with van der Waals surface area (Å²) in [4.78, 5) is 31.2. The van der Waals surface area contributed by atoms with Gasteiger partial charge in [-0.15, -0.1) is 0 Å². The van der Waals surface area contributed by atoms with Gasteiger partial charge in [-0.05, 0) is 12.2 Å². The normalized spacial score (nSPS) is 43.3. The number of urea groups is 2. The largest absolute Gasteiger partial charge is 0.340 e. The van der Waals surface area contributed by atoms with Gasteiger partial charge in [-0.3, -0.25) is 19.6 Å². The van der Waals surface area contributed by atoms with E-state index in [1.807, 2.05) is 12.2 Å². The van der Waals surface area contributed by atoms with Gasteiger partial charge in [0.2, 0.25) is 0 Å². The summed E-state index contributed by atoms with van der Waals surface area (Å²) in [5, 5.41) is 0. The Morgan fingerprint density at radius 2 is 1.11 bits per heavy atom. The van der Waals surface area contributed by atoms with Gasteiger partial charge in [0, 0.05) is 0 Å². The van der Waals surface area contributed by atoms with Crippen LogP contribution in [0.4, 0.5) is 9.59 Å². The molecule has 94 valence electrons. The Balaban J connectivity index is 1.83. The lowest BCUT2D eigenvalue weighted by Crippen LogP contribution is -2.74. The topological polar surface area (TPSA) is 65.6 Å². The third-order valence-corrected chi connectivity index (χ3v) is 4.54. The first-order valence-electron chi connectivity index (χ1n) is 5.78. The first-order chi connectivity index (χ1) is 8.73. The van der Waals surface area contributed by atoms with Gasteiger partial charge in [0.25, 0.3) is 0 Å². The maximum atomic E-state index is 12.4. The second kappa shape index (κ2) is 2.34. The van der Waals surface area contributed by atoms with Crippen LogP contribution in [0, 0.1) is 0 Å². The molecule has 4 heterocycles. The van der Waals surface area contributed by atoms with Crippen LogP contribution in [0.25, 0.3) is 0 Å². The zero-order chi connectivity index (χ0) is 12.1. The number of hydrogen-bond donors (Lipinski definition) is 0. The highest BCUT2D eigenvalue weighted by Crippen LogP contribution is 2.60. The van der Waals surface area contributed by atoms with E-state index in [-0.39, 0.29) is 39.0 Å². The van der Waals surface area contributed by atoms with Crippen LogP contribution in [0.5, 0.6) is 0 Å². The van der Waals surface area contributed by atoms with Crippen LogP contribution in [0.3, 0.4) is 0 Å². The van der Waals surface area contributed by atoms with Crippen LogP contribution < -0.4 is 0 Å². The van der Waals surface area contributed by atoms with Gasteiger partial charge in [-0.1, -0.05) is 0 Å². The van der Waals surface area contributed by atoms with Gasteiger partial charge in [0.15, 0.2) is 11.3 Å². The molecule has 4 amide bonds. The Morgan fingerprint density at radius 3 is 1.39 bits per heavy atom. The predicted octanol–water partition coefficient (Wildman–Crippen LogP) is -0.686. The summed E-state index contributed by atoms with van der Waals surface area (Å²) in [6.45, 7) is 0.830. The molecule has 5 aliphatic rings. The quantitative estimate of drug-likeness (QED) is 0.534. The molecule has 0 aromatic heterocycles. The smallest absolute Gasteiger partial charge is 0.328 e. The number of ether oxygens (including phenoxy) is 2. The van der Waals surface area contributed by atoms with E-state index in [9.17, 15) is 9.59 Å². The van der Waals surface area contributed by atoms with Crippen LogP contribution in [0.1, 0.15) is 0 Å². The van der Waals surface area contributed by atoms with Crippen molar-refractivity contribution in [2.24, 2.45) is 0 Å². The summed E-state index contributed by atoms with van der Waals surface area (Å²) < 4.78 is 10.7. The highest BCUT2D eigenvalue weighted by atomic mass is 16.5. The summed E-state index contributed by atoms with van der Waals surface area (Å²) in [7, 11) is 0. The molecule has 8 heteroatoms. The Hall–Kier alpha value is -1.80. The maximum absolute atomic E-state index is 12.4. The lowest BCUT2D eigenvalue weighted by atomic mass is 9.80. The molecule has 4 saturated heterocycles. The van der Waals surface area contributed by atoms with Crippen LogP contribution in [-0.2, 0) is 9.47 Å². The number of amides is 4. The highest BCUT2D eigenvalue weighted by molar-refractivity contribution is 5.92. The summed E-state index contributed by atoms with van der Waals surface area (Å²) in [5.74, 6) is 0. The molecule has 8 nitrogen and oxygen atoms in total. The van der Waals surface area contributed by atoms with Crippen LogP contribution in [0.15, 0.2) is 12.2 Å². The molecule has 2 spiro atoms. The second-order valence-corrected chi connectivity index (χ2v) is 4.99. The molecule has 1 aliphatic carbocycles. The van der Waals surface area contributed by atoms with Crippen LogP contribution >= 0.6 is 0 Å². The lowest BCUT2D eigenvalue weighted by Gasteiger charge is -2.54. The average Bonchev–Trinajstić information content (AvgIpc) is 2.64. The third kappa shape index (κ3) is 0.565. The van der Waals surface area contributed by atoms with Gasteiger partial charge in [0.05, 0.1) is 0 Å². The summed E-state index contributed by atoms with van der Waals surface area (Å²) in [5.41, 5.74) is -1.38. The number of hydrogen-bond acceptors (Lipinski definition) is 4. The summed E-state index contributed by atoms with van der Waals surface area (Å²) in [6, 6.07) is -0.302. The molecule has 0 saturated carbocycles. The Morgan fingerprint density at radius 1 is 0.778 bits per heavy atom. The van der Waals surface area contributed by atoms with E-state index in [1.165, 1.54) is 0 Å². The summed E-state index contributed by atoms with van der Waals surface area (Å²) >= 11 is 0. The van der Waals surface area contributed by atoms with Gasteiger partial charge >= 0.3 is 12.1 Å². The Bertz CT molecular complexity index is 458. The maximum Gasteiger partial charge on any atom is 0.328 e. The minimum Gasteiger partial charge on any atom is -0.340 e. The van der Waals surface area contributed by atoms with E-state index in [0.717, 1.165) is 0 Å². The molecule has 0 N–H and O–H groups in total. The molecule has 0 atom stereocenters. The van der Waals surface area contributed by atoms with E-state index in [0.29, 0.717) is 0 Å². The van der Waals surface area contributed by atoms with E-state index in [4.69, 9.17) is 9.47 Å². The van der Waals surface area contributed by atoms with Crippen molar-refractivity contribution in [3.63, 3.8) is 0 Å². The fraction of sp³-hybridized carbons (Fsp3) is 0.600. The van der Waals surface area contributed by atoms with Gasteiger partial charge in [-0.2, -0.15) is 0 Å². The second-order valence-electron chi connectivity index (χ2n) is 4.99. The molecule has 0 radical (unpaired) electrons. The molecule has 0 bridgehead atoms. The van der Waals surface area contributed by atoms with Crippen LogP contribution in [-0.4, -0.2) is 69.9 Å². The number of carbonyl (C=O) groups excluding carboxylic acids is 2. The number of carbonyl (C=O) groups is 2. The van der Waals surface area contributed by atoms with E-state index in [1.54, 1.807) is 19.6 Å². The molecular weight excluding hydrogens is 240 g/mol. The van der Waals surface area contributed by atoms with Gasteiger partial charge < -0.3 is 9.47 Å². The average molecular weight is 250 g/mol. The molecule has 4 aliphatic heterocycles. The van der Waals surface area contributed by atoms with Crippen molar-refractivity contribution in [1.82, 2.24) is 19.6 Å². The lowest BCUT2D eigenvalue weighted by molar-refractivity contribution is -0.175. The van der Waals surface area contributed by atoms with Crippen LogP contribution in [0.2, 0.25) is 0 Å². The van der Waals surface area contributed by atoms with E-state index >= 15 is 0 Å². The van der Waals surface area contributed by atoms with Gasteiger partial charge in [0.1, 0.15) is 26.9 Å². The summed E-state index contributed by atoms with van der Waals surface area (Å²) in [6.07, 6.45) is 3.83. The SMILES string of the molecule is O=C1N2COCN3C(=O)N4COCN1C41C=CC231. The minimum absolute atomic E-state index is 0.151. The first kappa shape index (κ1) is 9.17. The molecule has 0 unspecified atom stereocenters. The van der Waals surface area contributed by atoms with Crippen molar-refractivity contribution in [1.29, 1.82) is 0 Å². The standard InChI is InChI=1S/C10H10N4O4/c15-7-11-3-17-4-12-8(16)14-6-18-5-13(7)10(14)2-1-9(10,11)12/h1-2H,3-6H2. The molecule has 0 aromatic carbocycles. The molecule has 0 aromatic rings. The van der Waals surface area contributed by atoms with Crippen molar-refractivity contribution in [2.45, 2.75) is 11.3 Å². The number of rotatable bonds is 0. The minimum atomic E-state index is -0.691.